The van der Waals surface area contributed by atoms with Crippen LogP contribution in [0.15, 0.2) is 27.6 Å². The number of aliphatic hydroxyl groups excluding tert-OH is 1. The fourth-order valence-electron chi connectivity index (χ4n) is 2.01. The minimum atomic E-state index is -3.55. The first kappa shape index (κ1) is 14.9. The summed E-state index contributed by atoms with van der Waals surface area (Å²) in [5, 5.41) is 9.04. The van der Waals surface area contributed by atoms with Crippen molar-refractivity contribution >= 4 is 26.0 Å². The highest BCUT2D eigenvalue weighted by molar-refractivity contribution is 9.10. The number of hydrogen-bond donors (Lipinski definition) is 1. The maximum Gasteiger partial charge on any atom is 0.244 e. The van der Waals surface area contributed by atoms with Crippen molar-refractivity contribution in [3.63, 3.8) is 0 Å². The molecule has 0 radical (unpaired) electrons. The molecule has 0 spiro atoms. The van der Waals surface area contributed by atoms with Gasteiger partial charge in [-0.15, -0.1) is 0 Å². The Labute approximate surface area is 121 Å². The zero-order valence-electron chi connectivity index (χ0n) is 10.5. The second-order valence-electron chi connectivity index (χ2n) is 4.46. The Balaban J connectivity index is 2.33. The lowest BCUT2D eigenvalue weighted by molar-refractivity contribution is 0.181. The van der Waals surface area contributed by atoms with Crippen LogP contribution in [0.1, 0.15) is 12.0 Å². The van der Waals surface area contributed by atoms with Crippen molar-refractivity contribution in [2.24, 2.45) is 0 Å². The summed E-state index contributed by atoms with van der Waals surface area (Å²) in [6, 6.07) is 4.62. The number of nitrogens with zero attached hydrogens (tertiary/aromatic N) is 1. The number of rotatable bonds is 4. The molecule has 1 aromatic carbocycles. The predicted octanol–water partition coefficient (Wildman–Crippen LogP) is 1.35. The third-order valence-corrected chi connectivity index (χ3v) is 6.14. The van der Waals surface area contributed by atoms with Gasteiger partial charge in [-0.2, -0.15) is 4.31 Å². The van der Waals surface area contributed by atoms with Gasteiger partial charge in [0.1, 0.15) is 0 Å². The van der Waals surface area contributed by atoms with E-state index in [0.29, 0.717) is 29.7 Å². The van der Waals surface area contributed by atoms with Crippen LogP contribution >= 0.6 is 15.9 Å². The summed E-state index contributed by atoms with van der Waals surface area (Å²) < 4.78 is 32.1. The number of halogens is 1. The van der Waals surface area contributed by atoms with E-state index < -0.39 is 10.0 Å². The molecule has 1 heterocycles. The van der Waals surface area contributed by atoms with Gasteiger partial charge in [-0.25, -0.2) is 8.42 Å². The first-order chi connectivity index (χ1) is 8.96. The van der Waals surface area contributed by atoms with Crippen LogP contribution < -0.4 is 0 Å². The van der Waals surface area contributed by atoms with Crippen molar-refractivity contribution in [3.8, 4) is 0 Å². The molecule has 1 N–H and O–H groups in total. The Hall–Kier alpha value is -0.470. The van der Waals surface area contributed by atoms with Gasteiger partial charge in [0.25, 0.3) is 0 Å². The third kappa shape index (κ3) is 3.00. The smallest absolute Gasteiger partial charge is 0.244 e. The van der Waals surface area contributed by atoms with Crippen molar-refractivity contribution in [2.75, 3.05) is 20.3 Å². The summed E-state index contributed by atoms with van der Waals surface area (Å²) >= 11 is 3.25. The second-order valence-corrected chi connectivity index (χ2v) is 7.28. The number of likely N-dealkylation sites (N-methyl/N-ethyl adjacent to an activating group) is 1. The van der Waals surface area contributed by atoms with Gasteiger partial charge in [0.2, 0.25) is 10.0 Å². The fraction of sp³-hybridized carbons (Fsp3) is 0.500. The number of benzene rings is 1. The lowest BCUT2D eigenvalue weighted by Gasteiger charge is -2.23. The van der Waals surface area contributed by atoms with Gasteiger partial charge in [0.05, 0.1) is 24.2 Å². The van der Waals surface area contributed by atoms with Crippen molar-refractivity contribution in [3.05, 3.63) is 28.2 Å². The lowest BCUT2D eigenvalue weighted by Crippen LogP contribution is -2.37. The predicted molar refractivity (Wildman–Crippen MR) is 74.2 cm³/mol. The zero-order chi connectivity index (χ0) is 14.0. The zero-order valence-corrected chi connectivity index (χ0v) is 12.9. The number of ether oxygens (including phenoxy) is 1. The van der Waals surface area contributed by atoms with Crippen LogP contribution in [0, 0.1) is 0 Å². The summed E-state index contributed by atoms with van der Waals surface area (Å²) in [7, 11) is -1.98. The van der Waals surface area contributed by atoms with E-state index in [1.165, 1.54) is 10.4 Å². The van der Waals surface area contributed by atoms with Crippen molar-refractivity contribution in [1.82, 2.24) is 4.31 Å². The highest BCUT2D eigenvalue weighted by atomic mass is 79.9. The Bertz CT molecular complexity index is 555. The molecular formula is C12H16BrNO4S. The highest BCUT2D eigenvalue weighted by Crippen LogP contribution is 2.28. The Morgan fingerprint density at radius 2 is 2.26 bits per heavy atom. The molecule has 0 amide bonds. The Morgan fingerprint density at radius 1 is 1.53 bits per heavy atom. The van der Waals surface area contributed by atoms with E-state index in [0.717, 1.165) is 0 Å². The number of aliphatic hydroxyl groups is 1. The normalized spacial score (nSPS) is 20.1. The average Bonchev–Trinajstić information content (AvgIpc) is 2.90. The van der Waals surface area contributed by atoms with Crippen LogP contribution in [-0.2, 0) is 21.4 Å². The van der Waals surface area contributed by atoms with E-state index in [4.69, 9.17) is 9.84 Å². The molecule has 1 aliphatic rings. The molecule has 1 aromatic rings. The Morgan fingerprint density at radius 3 is 2.79 bits per heavy atom. The van der Waals surface area contributed by atoms with Crippen molar-refractivity contribution in [1.29, 1.82) is 0 Å². The quantitative estimate of drug-likeness (QED) is 0.890. The molecule has 106 valence electrons. The maximum absolute atomic E-state index is 12.5. The van der Waals surface area contributed by atoms with E-state index in [9.17, 15) is 8.42 Å². The lowest BCUT2D eigenvalue weighted by atomic mass is 10.2. The fourth-order valence-corrected chi connectivity index (χ4v) is 4.47. The molecule has 19 heavy (non-hydrogen) atoms. The van der Waals surface area contributed by atoms with Crippen LogP contribution in [0.5, 0.6) is 0 Å². The molecule has 1 unspecified atom stereocenters. The van der Waals surface area contributed by atoms with Gasteiger partial charge in [-0.3, -0.25) is 0 Å². The van der Waals surface area contributed by atoms with Gasteiger partial charge in [0.15, 0.2) is 0 Å². The van der Waals surface area contributed by atoms with Crippen LogP contribution in [0.3, 0.4) is 0 Å². The molecule has 0 aliphatic carbocycles. The molecule has 0 bridgehead atoms. The molecule has 2 rings (SSSR count). The van der Waals surface area contributed by atoms with Crippen molar-refractivity contribution < 1.29 is 18.3 Å². The SMILES string of the molecule is CN(C1CCOC1)S(=O)(=O)c1ccc(CO)cc1Br. The topological polar surface area (TPSA) is 66.8 Å². The molecule has 1 saturated heterocycles. The standard InChI is InChI=1S/C12H16BrNO4S/c1-14(10-4-5-18-8-10)19(16,17)12-3-2-9(7-15)6-11(12)13/h2-3,6,10,15H,4-5,7-8H2,1H3. The number of hydrogen-bond acceptors (Lipinski definition) is 4. The van der Waals surface area contributed by atoms with Crippen LogP contribution in [0.25, 0.3) is 0 Å². The molecule has 5 nitrogen and oxygen atoms in total. The molecule has 1 atom stereocenters. The minimum absolute atomic E-state index is 0.116. The average molecular weight is 350 g/mol. The van der Waals surface area contributed by atoms with Crippen LogP contribution in [-0.4, -0.2) is 44.1 Å². The largest absolute Gasteiger partial charge is 0.392 e. The van der Waals surface area contributed by atoms with Crippen LogP contribution in [0.2, 0.25) is 0 Å². The van der Waals surface area contributed by atoms with E-state index in [1.54, 1.807) is 19.2 Å². The molecule has 0 saturated carbocycles. The van der Waals surface area contributed by atoms with Crippen molar-refractivity contribution in [2.45, 2.75) is 24.0 Å². The maximum atomic E-state index is 12.5. The van der Waals surface area contributed by atoms with E-state index in [1.807, 2.05) is 0 Å². The van der Waals surface area contributed by atoms with E-state index in [-0.39, 0.29) is 17.5 Å². The minimum Gasteiger partial charge on any atom is -0.392 e. The van der Waals surface area contributed by atoms with Gasteiger partial charge >= 0.3 is 0 Å². The third-order valence-electron chi connectivity index (χ3n) is 3.26. The first-order valence-electron chi connectivity index (χ1n) is 5.92. The summed E-state index contributed by atoms with van der Waals surface area (Å²) in [4.78, 5) is 0.208. The number of sulfonamides is 1. The second kappa shape index (κ2) is 5.88. The van der Waals surface area contributed by atoms with Gasteiger partial charge in [-0.1, -0.05) is 6.07 Å². The molecule has 1 fully saturated rings. The van der Waals surface area contributed by atoms with E-state index >= 15 is 0 Å². The first-order valence-corrected chi connectivity index (χ1v) is 8.15. The molecule has 0 aromatic heterocycles. The highest BCUT2D eigenvalue weighted by Gasteiger charge is 2.31. The molecular weight excluding hydrogens is 334 g/mol. The van der Waals surface area contributed by atoms with Gasteiger partial charge < -0.3 is 9.84 Å². The summed E-state index contributed by atoms with van der Waals surface area (Å²) in [5.74, 6) is 0. The van der Waals surface area contributed by atoms with E-state index in [2.05, 4.69) is 15.9 Å². The molecule has 1 aliphatic heterocycles. The summed E-state index contributed by atoms with van der Waals surface area (Å²) in [6.45, 7) is 0.905. The monoisotopic (exact) mass is 349 g/mol. The summed E-state index contributed by atoms with van der Waals surface area (Å²) in [6.07, 6.45) is 0.710. The van der Waals surface area contributed by atoms with Gasteiger partial charge in [-0.05, 0) is 40.0 Å². The van der Waals surface area contributed by atoms with Crippen LogP contribution in [0.4, 0.5) is 0 Å². The van der Waals surface area contributed by atoms with Gasteiger partial charge in [0, 0.05) is 18.1 Å². The molecule has 7 heteroatoms. The summed E-state index contributed by atoms with van der Waals surface area (Å²) in [5.41, 5.74) is 0.665. The Kier molecular flexibility index (Phi) is 4.62.